The van der Waals surface area contributed by atoms with Crippen molar-refractivity contribution in [3.05, 3.63) is 12.4 Å². The first kappa shape index (κ1) is 22.4. The molecule has 0 bridgehead atoms. The van der Waals surface area contributed by atoms with Crippen molar-refractivity contribution in [2.24, 2.45) is 0 Å². The number of hydrogen-bond donors (Lipinski definition) is 0. The van der Waals surface area contributed by atoms with Crippen molar-refractivity contribution in [3.63, 3.8) is 0 Å². The molecule has 0 aromatic carbocycles. The zero-order valence-electron chi connectivity index (χ0n) is 17.5. The second-order valence-corrected chi connectivity index (χ2v) is 8.01. The minimum atomic E-state index is 1.13. The molecular formula is C23H46N2. The van der Waals surface area contributed by atoms with E-state index in [0.717, 1.165) is 6.67 Å². The molecule has 0 aromatic rings. The van der Waals surface area contributed by atoms with Gasteiger partial charge in [-0.25, -0.2) is 0 Å². The van der Waals surface area contributed by atoms with E-state index in [9.17, 15) is 0 Å². The van der Waals surface area contributed by atoms with Crippen LogP contribution in [0.15, 0.2) is 12.4 Å². The summed E-state index contributed by atoms with van der Waals surface area (Å²) in [5, 5.41) is 0. The van der Waals surface area contributed by atoms with E-state index in [-0.39, 0.29) is 0 Å². The van der Waals surface area contributed by atoms with Gasteiger partial charge in [0.25, 0.3) is 0 Å². The molecular weight excluding hydrogens is 304 g/mol. The number of hydrogen-bond acceptors (Lipinski definition) is 2. The van der Waals surface area contributed by atoms with Crippen LogP contribution in [0.1, 0.15) is 117 Å². The van der Waals surface area contributed by atoms with Gasteiger partial charge in [-0.3, -0.25) is 0 Å². The van der Waals surface area contributed by atoms with Crippen molar-refractivity contribution in [3.8, 4) is 0 Å². The molecule has 0 fully saturated rings. The summed E-state index contributed by atoms with van der Waals surface area (Å²) >= 11 is 0. The molecule has 0 amide bonds. The molecule has 2 heteroatoms. The summed E-state index contributed by atoms with van der Waals surface area (Å²) in [4.78, 5) is 4.99. The predicted molar refractivity (Wildman–Crippen MR) is 113 cm³/mol. The molecule has 2 nitrogen and oxygen atoms in total. The van der Waals surface area contributed by atoms with Gasteiger partial charge in [-0.05, 0) is 12.8 Å². The van der Waals surface area contributed by atoms with Gasteiger partial charge in [-0.1, -0.05) is 104 Å². The Kier molecular flexibility index (Phi) is 15.0. The number of unbranched alkanes of at least 4 members (excludes halogenated alkanes) is 14. The molecule has 0 N–H and O–H groups in total. The zero-order chi connectivity index (χ0) is 18.0. The Balaban J connectivity index is 1.81. The maximum Gasteiger partial charge on any atom is 0.0893 e. The van der Waals surface area contributed by atoms with Crippen molar-refractivity contribution < 1.29 is 0 Å². The summed E-state index contributed by atoms with van der Waals surface area (Å²) in [7, 11) is 0. The number of rotatable bonds is 18. The number of nitrogens with zero attached hydrogens (tertiary/aromatic N) is 2. The van der Waals surface area contributed by atoms with Crippen LogP contribution in [0.25, 0.3) is 0 Å². The molecule has 0 unspecified atom stereocenters. The Morgan fingerprint density at radius 1 is 0.480 bits per heavy atom. The first-order valence-corrected chi connectivity index (χ1v) is 11.5. The second-order valence-electron chi connectivity index (χ2n) is 8.01. The van der Waals surface area contributed by atoms with Crippen molar-refractivity contribution in [1.29, 1.82) is 0 Å². The molecule has 0 saturated carbocycles. The van der Waals surface area contributed by atoms with Gasteiger partial charge in [-0.15, -0.1) is 0 Å². The fraction of sp³-hybridized carbons (Fsp3) is 0.913. The third kappa shape index (κ3) is 13.2. The largest absolute Gasteiger partial charge is 0.359 e. The van der Waals surface area contributed by atoms with Gasteiger partial charge >= 0.3 is 0 Å². The lowest BCUT2D eigenvalue weighted by atomic mass is 10.1. The highest BCUT2D eigenvalue weighted by atomic mass is 15.3. The monoisotopic (exact) mass is 350 g/mol. The quantitative estimate of drug-likeness (QED) is 0.239. The van der Waals surface area contributed by atoms with E-state index in [0.29, 0.717) is 0 Å². The summed E-state index contributed by atoms with van der Waals surface area (Å²) in [6.07, 6.45) is 27.3. The standard InChI is InChI=1S/C23H46N2/c1-3-5-7-9-10-11-12-13-14-16-18-20-25-22-21-24(23-25)19-17-15-8-6-4-2/h21-22H,3-20,23H2,1-2H3. The topological polar surface area (TPSA) is 6.48 Å². The van der Waals surface area contributed by atoms with E-state index in [4.69, 9.17) is 0 Å². The minimum absolute atomic E-state index is 1.13. The second kappa shape index (κ2) is 16.8. The van der Waals surface area contributed by atoms with E-state index in [1.807, 2.05) is 0 Å². The van der Waals surface area contributed by atoms with Crippen LogP contribution < -0.4 is 0 Å². The van der Waals surface area contributed by atoms with Crippen molar-refractivity contribution in [2.45, 2.75) is 117 Å². The molecule has 0 aliphatic carbocycles. The fourth-order valence-electron chi connectivity index (χ4n) is 3.70. The van der Waals surface area contributed by atoms with Gasteiger partial charge in [0.1, 0.15) is 0 Å². The highest BCUT2D eigenvalue weighted by Gasteiger charge is 2.10. The third-order valence-corrected chi connectivity index (χ3v) is 5.45. The van der Waals surface area contributed by atoms with Gasteiger partial charge in [-0.2, -0.15) is 0 Å². The lowest BCUT2D eigenvalue weighted by molar-refractivity contribution is 0.257. The average molecular weight is 351 g/mol. The van der Waals surface area contributed by atoms with Crippen molar-refractivity contribution >= 4 is 0 Å². The van der Waals surface area contributed by atoms with Crippen LogP contribution in [0.3, 0.4) is 0 Å². The van der Waals surface area contributed by atoms with E-state index >= 15 is 0 Å². The van der Waals surface area contributed by atoms with Crippen LogP contribution in [0.4, 0.5) is 0 Å². The molecule has 0 radical (unpaired) electrons. The summed E-state index contributed by atoms with van der Waals surface area (Å²) in [5.41, 5.74) is 0. The summed E-state index contributed by atoms with van der Waals surface area (Å²) in [6.45, 7) is 8.21. The third-order valence-electron chi connectivity index (χ3n) is 5.45. The van der Waals surface area contributed by atoms with Gasteiger partial charge in [0.2, 0.25) is 0 Å². The Hall–Kier alpha value is -0.660. The Labute approximate surface area is 159 Å². The SMILES string of the molecule is CCCCCCCCCCCCCN1C=CN(CCCCCCC)C1. The Morgan fingerprint density at radius 3 is 1.16 bits per heavy atom. The molecule has 1 aliphatic rings. The lowest BCUT2D eigenvalue weighted by Gasteiger charge is -2.21. The van der Waals surface area contributed by atoms with E-state index < -0.39 is 0 Å². The molecule has 0 aromatic heterocycles. The van der Waals surface area contributed by atoms with E-state index in [1.165, 1.54) is 116 Å². The van der Waals surface area contributed by atoms with Crippen molar-refractivity contribution in [1.82, 2.24) is 9.80 Å². The highest BCUT2D eigenvalue weighted by molar-refractivity contribution is 4.90. The lowest BCUT2D eigenvalue weighted by Crippen LogP contribution is -2.26. The van der Waals surface area contributed by atoms with Crippen LogP contribution >= 0.6 is 0 Å². The molecule has 0 spiro atoms. The summed E-state index contributed by atoms with van der Waals surface area (Å²) < 4.78 is 0. The van der Waals surface area contributed by atoms with Crippen molar-refractivity contribution in [2.75, 3.05) is 19.8 Å². The van der Waals surface area contributed by atoms with Crippen LogP contribution in [-0.2, 0) is 0 Å². The van der Waals surface area contributed by atoms with Gasteiger partial charge < -0.3 is 9.80 Å². The maximum absolute atomic E-state index is 2.50. The van der Waals surface area contributed by atoms with E-state index in [2.05, 4.69) is 36.0 Å². The fourth-order valence-corrected chi connectivity index (χ4v) is 3.70. The van der Waals surface area contributed by atoms with Crippen LogP contribution in [0, 0.1) is 0 Å². The van der Waals surface area contributed by atoms with Crippen LogP contribution in [0.2, 0.25) is 0 Å². The molecule has 0 atom stereocenters. The first-order valence-electron chi connectivity index (χ1n) is 11.5. The summed E-state index contributed by atoms with van der Waals surface area (Å²) in [6, 6.07) is 0. The minimum Gasteiger partial charge on any atom is -0.359 e. The molecule has 1 aliphatic heterocycles. The first-order chi connectivity index (χ1) is 12.4. The normalized spacial score (nSPS) is 14.0. The smallest absolute Gasteiger partial charge is 0.0893 e. The van der Waals surface area contributed by atoms with E-state index in [1.54, 1.807) is 0 Å². The van der Waals surface area contributed by atoms with Gasteiger partial charge in [0, 0.05) is 25.5 Å². The molecule has 148 valence electrons. The van der Waals surface area contributed by atoms with Gasteiger partial charge in [0.05, 0.1) is 6.67 Å². The molecule has 1 rings (SSSR count). The van der Waals surface area contributed by atoms with Gasteiger partial charge in [0.15, 0.2) is 0 Å². The van der Waals surface area contributed by atoms with Crippen LogP contribution in [0.5, 0.6) is 0 Å². The predicted octanol–water partition coefficient (Wildman–Crippen LogP) is 7.31. The zero-order valence-corrected chi connectivity index (χ0v) is 17.5. The summed E-state index contributed by atoms with van der Waals surface area (Å²) in [5.74, 6) is 0. The maximum atomic E-state index is 2.50. The Bertz CT molecular complexity index is 300. The molecule has 0 saturated heterocycles. The van der Waals surface area contributed by atoms with Crippen LogP contribution in [-0.4, -0.2) is 29.6 Å². The Morgan fingerprint density at radius 2 is 0.800 bits per heavy atom. The molecule has 1 heterocycles. The molecule has 25 heavy (non-hydrogen) atoms. The highest BCUT2D eigenvalue weighted by Crippen LogP contribution is 2.13. The average Bonchev–Trinajstić information content (AvgIpc) is 3.07.